The second-order valence-corrected chi connectivity index (χ2v) is 2.53. The summed E-state index contributed by atoms with van der Waals surface area (Å²) < 4.78 is 15.3. The predicted octanol–water partition coefficient (Wildman–Crippen LogP) is 1.84. The quantitative estimate of drug-likeness (QED) is 0.705. The summed E-state index contributed by atoms with van der Waals surface area (Å²) in [6, 6.07) is 3.55. The molecule has 0 atom stereocenters. The summed E-state index contributed by atoms with van der Waals surface area (Å²) in [4.78, 5) is 4.01. The number of methoxy groups -OCH3 is 2. The van der Waals surface area contributed by atoms with Crippen molar-refractivity contribution in [3.05, 3.63) is 18.5 Å². The zero-order valence-electron chi connectivity index (χ0n) is 7.40. The number of fused-ring (bicyclic) bond motifs is 1. The highest BCUT2D eigenvalue weighted by atomic mass is 16.5. The average Bonchev–Trinajstić information content (AvgIpc) is 2.63. The Morgan fingerprint density at radius 2 is 2.08 bits per heavy atom. The van der Waals surface area contributed by atoms with Gasteiger partial charge in [0, 0.05) is 12.1 Å². The van der Waals surface area contributed by atoms with Gasteiger partial charge in [-0.05, 0) is 0 Å². The van der Waals surface area contributed by atoms with Gasteiger partial charge in [-0.15, -0.1) is 0 Å². The number of hydrogen-bond acceptors (Lipinski definition) is 4. The standard InChI is InChI=1S/C9H9NO3/c1-11-6-3-7-9(13-5-10-7)8(4-6)12-2/h3-5H,1-2H3. The topological polar surface area (TPSA) is 44.5 Å². The second kappa shape index (κ2) is 2.97. The van der Waals surface area contributed by atoms with Crippen LogP contribution in [-0.4, -0.2) is 19.2 Å². The van der Waals surface area contributed by atoms with E-state index in [2.05, 4.69) is 4.98 Å². The van der Waals surface area contributed by atoms with E-state index in [4.69, 9.17) is 13.9 Å². The summed E-state index contributed by atoms with van der Waals surface area (Å²) in [6.45, 7) is 0. The molecule has 68 valence electrons. The van der Waals surface area contributed by atoms with Gasteiger partial charge >= 0.3 is 0 Å². The summed E-state index contributed by atoms with van der Waals surface area (Å²) >= 11 is 0. The molecule has 0 aliphatic carbocycles. The van der Waals surface area contributed by atoms with Crippen LogP contribution in [0.3, 0.4) is 0 Å². The smallest absolute Gasteiger partial charge is 0.196 e. The Morgan fingerprint density at radius 3 is 2.77 bits per heavy atom. The van der Waals surface area contributed by atoms with E-state index in [1.807, 2.05) is 0 Å². The Morgan fingerprint density at radius 1 is 1.23 bits per heavy atom. The number of aromatic nitrogens is 1. The van der Waals surface area contributed by atoms with Crippen molar-refractivity contribution in [2.45, 2.75) is 0 Å². The molecule has 0 fully saturated rings. The third-order valence-electron chi connectivity index (χ3n) is 1.83. The molecule has 0 spiro atoms. The number of hydrogen-bond donors (Lipinski definition) is 0. The number of rotatable bonds is 2. The minimum absolute atomic E-state index is 0.631. The van der Waals surface area contributed by atoms with Gasteiger partial charge in [-0.2, -0.15) is 0 Å². The van der Waals surface area contributed by atoms with Crippen LogP contribution in [0, 0.1) is 0 Å². The number of ether oxygens (including phenoxy) is 2. The SMILES string of the molecule is COc1cc(OC)c2ocnc2c1. The van der Waals surface area contributed by atoms with Gasteiger partial charge in [0.05, 0.1) is 14.2 Å². The Balaban J connectivity index is 2.70. The van der Waals surface area contributed by atoms with E-state index in [9.17, 15) is 0 Å². The highest BCUT2D eigenvalue weighted by Gasteiger charge is 2.08. The van der Waals surface area contributed by atoms with Crippen LogP contribution in [0.25, 0.3) is 11.1 Å². The van der Waals surface area contributed by atoms with Crippen molar-refractivity contribution in [1.29, 1.82) is 0 Å². The number of oxazole rings is 1. The molecular formula is C9H9NO3. The van der Waals surface area contributed by atoms with E-state index >= 15 is 0 Å². The maximum absolute atomic E-state index is 5.15. The third kappa shape index (κ3) is 1.20. The Labute approximate surface area is 75.1 Å². The Kier molecular flexibility index (Phi) is 1.81. The molecule has 4 nitrogen and oxygen atoms in total. The third-order valence-corrected chi connectivity index (χ3v) is 1.83. The lowest BCUT2D eigenvalue weighted by atomic mass is 10.3. The molecule has 0 amide bonds. The molecule has 2 rings (SSSR count). The summed E-state index contributed by atoms with van der Waals surface area (Å²) in [5.74, 6) is 1.34. The normalized spacial score (nSPS) is 10.3. The van der Waals surface area contributed by atoms with Crippen LogP contribution in [0.5, 0.6) is 11.5 Å². The molecule has 1 aromatic heterocycles. The second-order valence-electron chi connectivity index (χ2n) is 2.53. The zero-order valence-corrected chi connectivity index (χ0v) is 7.40. The molecule has 0 aliphatic heterocycles. The minimum Gasteiger partial charge on any atom is -0.497 e. The maximum Gasteiger partial charge on any atom is 0.196 e. The van der Waals surface area contributed by atoms with E-state index < -0.39 is 0 Å². The van der Waals surface area contributed by atoms with Gasteiger partial charge in [0.2, 0.25) is 0 Å². The summed E-state index contributed by atoms with van der Waals surface area (Å²) in [5, 5.41) is 0. The first-order valence-electron chi connectivity index (χ1n) is 3.80. The lowest BCUT2D eigenvalue weighted by Gasteiger charge is -2.03. The van der Waals surface area contributed by atoms with Gasteiger partial charge in [-0.1, -0.05) is 0 Å². The first-order chi connectivity index (χ1) is 6.35. The van der Waals surface area contributed by atoms with Gasteiger partial charge in [-0.25, -0.2) is 4.98 Å². The van der Waals surface area contributed by atoms with Crippen LogP contribution in [0.4, 0.5) is 0 Å². The van der Waals surface area contributed by atoms with Crippen molar-refractivity contribution in [3.8, 4) is 11.5 Å². The van der Waals surface area contributed by atoms with Crippen LogP contribution in [0.1, 0.15) is 0 Å². The first-order valence-corrected chi connectivity index (χ1v) is 3.80. The van der Waals surface area contributed by atoms with E-state index in [1.165, 1.54) is 6.39 Å². The molecule has 0 aliphatic rings. The number of nitrogens with zero attached hydrogens (tertiary/aromatic N) is 1. The Hall–Kier alpha value is -1.71. The molecular weight excluding hydrogens is 170 g/mol. The molecule has 0 unspecified atom stereocenters. The fourth-order valence-electron chi connectivity index (χ4n) is 1.18. The van der Waals surface area contributed by atoms with Crippen molar-refractivity contribution < 1.29 is 13.9 Å². The van der Waals surface area contributed by atoms with Gasteiger partial charge < -0.3 is 13.9 Å². The molecule has 2 aromatic rings. The lowest BCUT2D eigenvalue weighted by Crippen LogP contribution is -1.87. The predicted molar refractivity (Wildman–Crippen MR) is 47.1 cm³/mol. The molecule has 0 saturated heterocycles. The molecule has 1 heterocycles. The van der Waals surface area contributed by atoms with E-state index in [0.717, 1.165) is 5.52 Å². The van der Waals surface area contributed by atoms with Gasteiger partial charge in [0.25, 0.3) is 0 Å². The summed E-state index contributed by atoms with van der Waals surface area (Å²) in [6.07, 6.45) is 1.38. The van der Waals surface area contributed by atoms with Crippen molar-refractivity contribution >= 4 is 11.1 Å². The molecule has 0 saturated carbocycles. The minimum atomic E-state index is 0.631. The van der Waals surface area contributed by atoms with E-state index in [-0.39, 0.29) is 0 Å². The van der Waals surface area contributed by atoms with Gasteiger partial charge in [-0.3, -0.25) is 0 Å². The lowest BCUT2D eigenvalue weighted by molar-refractivity contribution is 0.392. The summed E-state index contributed by atoms with van der Waals surface area (Å²) in [5.41, 5.74) is 1.37. The monoisotopic (exact) mass is 179 g/mol. The van der Waals surface area contributed by atoms with E-state index in [1.54, 1.807) is 26.4 Å². The van der Waals surface area contributed by atoms with Crippen LogP contribution in [0.2, 0.25) is 0 Å². The summed E-state index contributed by atoms with van der Waals surface area (Å²) in [7, 11) is 3.18. The van der Waals surface area contributed by atoms with Gasteiger partial charge in [0.1, 0.15) is 11.3 Å². The molecule has 13 heavy (non-hydrogen) atoms. The van der Waals surface area contributed by atoms with Crippen molar-refractivity contribution in [2.75, 3.05) is 14.2 Å². The van der Waals surface area contributed by atoms with E-state index in [0.29, 0.717) is 17.1 Å². The van der Waals surface area contributed by atoms with Crippen LogP contribution < -0.4 is 9.47 Å². The van der Waals surface area contributed by atoms with Crippen molar-refractivity contribution in [1.82, 2.24) is 4.98 Å². The molecule has 4 heteroatoms. The average molecular weight is 179 g/mol. The molecule has 0 radical (unpaired) electrons. The maximum atomic E-state index is 5.15. The zero-order chi connectivity index (χ0) is 9.26. The number of benzene rings is 1. The molecule has 0 bridgehead atoms. The fourth-order valence-corrected chi connectivity index (χ4v) is 1.18. The van der Waals surface area contributed by atoms with Crippen molar-refractivity contribution in [3.63, 3.8) is 0 Å². The molecule has 0 N–H and O–H groups in total. The highest BCUT2D eigenvalue weighted by Crippen LogP contribution is 2.29. The highest BCUT2D eigenvalue weighted by molar-refractivity contribution is 5.80. The Bertz CT molecular complexity index is 422. The van der Waals surface area contributed by atoms with Crippen LogP contribution in [0.15, 0.2) is 22.9 Å². The largest absolute Gasteiger partial charge is 0.497 e. The van der Waals surface area contributed by atoms with Gasteiger partial charge in [0.15, 0.2) is 17.7 Å². The van der Waals surface area contributed by atoms with Crippen LogP contribution in [-0.2, 0) is 0 Å². The fraction of sp³-hybridized carbons (Fsp3) is 0.222. The van der Waals surface area contributed by atoms with Crippen molar-refractivity contribution in [2.24, 2.45) is 0 Å². The van der Waals surface area contributed by atoms with Crippen LogP contribution >= 0.6 is 0 Å². The molecule has 1 aromatic carbocycles. The first kappa shape index (κ1) is 7.91.